The third-order valence-corrected chi connectivity index (χ3v) is 0.780. The fourth-order valence-electron chi connectivity index (χ4n) is 0.472. The number of alkyl carbamates (subject to hydrolysis) is 1. The first-order valence-electron chi connectivity index (χ1n) is 4.52. The van der Waals surface area contributed by atoms with E-state index in [9.17, 15) is 4.79 Å². The number of hydrogen-bond acceptors (Lipinski definition) is 3. The summed E-state index contributed by atoms with van der Waals surface area (Å²) in [4.78, 5) is 10.8. The number of carbonyl (C=O) groups is 1. The van der Waals surface area contributed by atoms with Crippen LogP contribution in [0.2, 0.25) is 0 Å². The van der Waals surface area contributed by atoms with Gasteiger partial charge < -0.3 is 15.2 Å². The van der Waals surface area contributed by atoms with Crippen LogP contribution in [-0.4, -0.2) is 30.0 Å². The quantitative estimate of drug-likeness (QED) is 0.671. The maximum Gasteiger partial charge on any atom is 0.407 e. The van der Waals surface area contributed by atoms with Crippen molar-refractivity contribution in [2.24, 2.45) is 0 Å². The summed E-state index contributed by atoms with van der Waals surface area (Å²) in [6.45, 7) is 10.8. The maximum absolute atomic E-state index is 10.8. The molecule has 0 saturated carbocycles. The van der Waals surface area contributed by atoms with Crippen LogP contribution >= 0.6 is 0 Å². The molecule has 0 radical (unpaired) electrons. The van der Waals surface area contributed by atoms with E-state index in [1.165, 1.54) is 0 Å². The van der Waals surface area contributed by atoms with Gasteiger partial charge in [-0.3, -0.25) is 0 Å². The molecule has 0 aromatic rings. The van der Waals surface area contributed by atoms with Crippen LogP contribution in [0, 0.1) is 0 Å². The molecule has 0 aliphatic heterocycles. The SMILES string of the molecule is C=CC.CC(C)(C)OC(=O)NCCO. The van der Waals surface area contributed by atoms with E-state index in [1.807, 2.05) is 6.92 Å². The van der Waals surface area contributed by atoms with Crippen LogP contribution in [0.25, 0.3) is 0 Å². The summed E-state index contributed by atoms with van der Waals surface area (Å²) in [5, 5.41) is 10.7. The Morgan fingerprint density at radius 1 is 1.57 bits per heavy atom. The van der Waals surface area contributed by atoms with Gasteiger partial charge in [-0.2, -0.15) is 0 Å². The zero-order chi connectivity index (χ0) is 11.6. The van der Waals surface area contributed by atoms with Crippen molar-refractivity contribution in [3.8, 4) is 0 Å². The largest absolute Gasteiger partial charge is 0.444 e. The van der Waals surface area contributed by atoms with Crippen LogP contribution in [-0.2, 0) is 4.74 Å². The standard InChI is InChI=1S/C7H15NO3.C3H6/c1-7(2,3)11-6(10)8-4-5-9;1-3-2/h9H,4-5H2,1-3H3,(H,8,10);3H,1H2,2H3. The van der Waals surface area contributed by atoms with Gasteiger partial charge in [0.05, 0.1) is 6.61 Å². The second-order valence-electron chi connectivity index (χ2n) is 3.56. The highest BCUT2D eigenvalue weighted by molar-refractivity contribution is 5.67. The van der Waals surface area contributed by atoms with Gasteiger partial charge in [-0.25, -0.2) is 4.79 Å². The van der Waals surface area contributed by atoms with Gasteiger partial charge >= 0.3 is 6.09 Å². The summed E-state index contributed by atoms with van der Waals surface area (Å²) in [5.41, 5.74) is -0.473. The van der Waals surface area contributed by atoms with E-state index in [-0.39, 0.29) is 13.2 Å². The van der Waals surface area contributed by atoms with E-state index in [4.69, 9.17) is 9.84 Å². The molecule has 0 unspecified atom stereocenters. The molecule has 0 aromatic heterocycles. The Morgan fingerprint density at radius 3 is 2.29 bits per heavy atom. The Labute approximate surface area is 86.0 Å². The van der Waals surface area contributed by atoms with Gasteiger partial charge in [0.25, 0.3) is 0 Å². The Bertz CT molecular complexity index is 161. The Hall–Kier alpha value is -1.03. The molecular weight excluding hydrogens is 182 g/mol. The Kier molecular flexibility index (Phi) is 9.45. The molecule has 2 N–H and O–H groups in total. The fourth-order valence-corrected chi connectivity index (χ4v) is 0.472. The van der Waals surface area contributed by atoms with Crippen molar-refractivity contribution in [3.63, 3.8) is 0 Å². The second kappa shape index (κ2) is 8.56. The molecule has 4 nitrogen and oxygen atoms in total. The van der Waals surface area contributed by atoms with Crippen molar-refractivity contribution in [2.45, 2.75) is 33.3 Å². The molecule has 0 fully saturated rings. The van der Waals surface area contributed by atoms with Gasteiger partial charge in [-0.1, -0.05) is 6.08 Å². The zero-order valence-corrected chi connectivity index (χ0v) is 9.46. The van der Waals surface area contributed by atoms with E-state index in [0.717, 1.165) is 0 Å². The molecule has 0 spiro atoms. The van der Waals surface area contributed by atoms with Crippen LogP contribution in [0.1, 0.15) is 27.7 Å². The van der Waals surface area contributed by atoms with Gasteiger partial charge in [0, 0.05) is 6.54 Å². The number of allylic oxidation sites excluding steroid dienone is 1. The Balaban J connectivity index is 0. The highest BCUT2D eigenvalue weighted by Gasteiger charge is 2.14. The molecule has 0 heterocycles. The number of aliphatic hydroxyl groups is 1. The molecule has 1 amide bonds. The maximum atomic E-state index is 10.8. The number of nitrogens with one attached hydrogen (secondary N) is 1. The molecule has 0 rings (SSSR count). The van der Waals surface area contributed by atoms with E-state index in [1.54, 1.807) is 26.8 Å². The van der Waals surface area contributed by atoms with E-state index < -0.39 is 11.7 Å². The van der Waals surface area contributed by atoms with Crippen molar-refractivity contribution in [1.82, 2.24) is 5.32 Å². The van der Waals surface area contributed by atoms with Crippen LogP contribution in [0.15, 0.2) is 12.7 Å². The summed E-state index contributed by atoms with van der Waals surface area (Å²) < 4.78 is 4.88. The van der Waals surface area contributed by atoms with Gasteiger partial charge in [0.15, 0.2) is 0 Å². The lowest BCUT2D eigenvalue weighted by atomic mass is 10.2. The van der Waals surface area contributed by atoms with Crippen molar-refractivity contribution >= 4 is 6.09 Å². The molecule has 0 atom stereocenters. The fraction of sp³-hybridized carbons (Fsp3) is 0.700. The monoisotopic (exact) mass is 203 g/mol. The number of hydrogen-bond donors (Lipinski definition) is 2. The molecule has 0 aliphatic carbocycles. The first-order valence-corrected chi connectivity index (χ1v) is 4.52. The van der Waals surface area contributed by atoms with Gasteiger partial charge in [-0.15, -0.1) is 6.58 Å². The normalized spacial score (nSPS) is 9.50. The summed E-state index contributed by atoms with van der Waals surface area (Å²) in [7, 11) is 0. The number of carbonyl (C=O) groups excluding carboxylic acids is 1. The van der Waals surface area contributed by atoms with Crippen LogP contribution in [0.3, 0.4) is 0 Å². The third kappa shape index (κ3) is 17.2. The summed E-state index contributed by atoms with van der Waals surface area (Å²) in [5.74, 6) is 0. The van der Waals surface area contributed by atoms with Crippen molar-refractivity contribution in [3.05, 3.63) is 12.7 Å². The zero-order valence-electron chi connectivity index (χ0n) is 9.46. The van der Waals surface area contributed by atoms with E-state index in [0.29, 0.717) is 0 Å². The number of amides is 1. The van der Waals surface area contributed by atoms with Crippen molar-refractivity contribution in [2.75, 3.05) is 13.2 Å². The van der Waals surface area contributed by atoms with Crippen molar-refractivity contribution in [1.29, 1.82) is 0 Å². The Morgan fingerprint density at radius 2 is 2.00 bits per heavy atom. The average molecular weight is 203 g/mol. The molecule has 0 bridgehead atoms. The van der Waals surface area contributed by atoms with E-state index >= 15 is 0 Å². The second-order valence-corrected chi connectivity index (χ2v) is 3.56. The summed E-state index contributed by atoms with van der Waals surface area (Å²) in [6, 6.07) is 0. The van der Waals surface area contributed by atoms with Gasteiger partial charge in [0.2, 0.25) is 0 Å². The van der Waals surface area contributed by atoms with Crippen LogP contribution in [0.4, 0.5) is 4.79 Å². The summed E-state index contributed by atoms with van der Waals surface area (Å²) in [6.07, 6.45) is 1.26. The van der Waals surface area contributed by atoms with Gasteiger partial charge in [-0.05, 0) is 27.7 Å². The molecule has 14 heavy (non-hydrogen) atoms. The lowest BCUT2D eigenvalue weighted by Crippen LogP contribution is -2.33. The van der Waals surface area contributed by atoms with Gasteiger partial charge in [0.1, 0.15) is 5.60 Å². The topological polar surface area (TPSA) is 58.6 Å². The minimum absolute atomic E-state index is 0.0702. The highest BCUT2D eigenvalue weighted by atomic mass is 16.6. The lowest BCUT2D eigenvalue weighted by molar-refractivity contribution is 0.0518. The smallest absolute Gasteiger partial charge is 0.407 e. The van der Waals surface area contributed by atoms with Crippen LogP contribution in [0.5, 0.6) is 0 Å². The lowest BCUT2D eigenvalue weighted by Gasteiger charge is -2.19. The minimum Gasteiger partial charge on any atom is -0.444 e. The number of aliphatic hydroxyl groups excluding tert-OH is 1. The highest BCUT2D eigenvalue weighted by Crippen LogP contribution is 2.05. The molecule has 0 aliphatic rings. The predicted molar refractivity (Wildman–Crippen MR) is 57.2 cm³/mol. The first-order chi connectivity index (χ1) is 6.37. The van der Waals surface area contributed by atoms with Crippen molar-refractivity contribution < 1.29 is 14.6 Å². The predicted octanol–water partition coefficient (Wildman–Crippen LogP) is 1.70. The third-order valence-electron chi connectivity index (χ3n) is 0.780. The molecule has 84 valence electrons. The number of ether oxygens (including phenoxy) is 1. The molecule has 0 aromatic carbocycles. The molecule has 0 saturated heterocycles. The van der Waals surface area contributed by atoms with Crippen LogP contribution < -0.4 is 5.32 Å². The molecule has 4 heteroatoms. The molecular formula is C10H21NO3. The number of rotatable bonds is 2. The van der Waals surface area contributed by atoms with E-state index in [2.05, 4.69) is 11.9 Å². The minimum atomic E-state index is -0.494. The first kappa shape index (κ1) is 15.4. The summed E-state index contributed by atoms with van der Waals surface area (Å²) >= 11 is 0. The average Bonchev–Trinajstić information content (AvgIpc) is 1.99.